The molecule has 0 radical (unpaired) electrons. The van der Waals surface area contributed by atoms with E-state index in [4.69, 9.17) is 10.8 Å². The Balaban J connectivity index is 1.44. The van der Waals surface area contributed by atoms with Gasteiger partial charge in [0.2, 0.25) is 11.8 Å². The number of hydrogen-bond acceptors (Lipinski definition) is 4. The zero-order valence-corrected chi connectivity index (χ0v) is 20.5. The van der Waals surface area contributed by atoms with Gasteiger partial charge in [-0.3, -0.25) is 14.5 Å². The van der Waals surface area contributed by atoms with E-state index in [1.807, 2.05) is 38.1 Å². The molecule has 7 nitrogen and oxygen atoms in total. The number of aryl methyl sites for hydroxylation is 1. The molecule has 186 valence electrons. The topological polar surface area (TPSA) is 113 Å². The van der Waals surface area contributed by atoms with Crippen molar-refractivity contribution in [3.63, 3.8) is 0 Å². The van der Waals surface area contributed by atoms with Gasteiger partial charge in [0.1, 0.15) is 0 Å². The summed E-state index contributed by atoms with van der Waals surface area (Å²) >= 11 is 0. The molecule has 0 saturated carbocycles. The number of primary amides is 1. The molecule has 0 aromatic heterocycles. The lowest BCUT2D eigenvalue weighted by Gasteiger charge is -2.26. The van der Waals surface area contributed by atoms with E-state index < -0.39 is 11.9 Å². The summed E-state index contributed by atoms with van der Waals surface area (Å²) in [5, 5.41) is 12.2. The van der Waals surface area contributed by atoms with Crippen molar-refractivity contribution in [2.75, 3.05) is 6.54 Å². The molecule has 0 aliphatic carbocycles. The third-order valence-corrected chi connectivity index (χ3v) is 6.82. The number of rotatable bonds is 8. The van der Waals surface area contributed by atoms with Crippen LogP contribution in [0.2, 0.25) is 0 Å². The van der Waals surface area contributed by atoms with Crippen molar-refractivity contribution in [1.82, 2.24) is 10.2 Å². The van der Waals surface area contributed by atoms with Crippen LogP contribution in [0.15, 0.2) is 66.7 Å². The van der Waals surface area contributed by atoms with Gasteiger partial charge in [-0.15, -0.1) is 0 Å². The van der Waals surface area contributed by atoms with Gasteiger partial charge in [0.25, 0.3) is 0 Å². The molecule has 0 spiro atoms. The van der Waals surface area contributed by atoms with Crippen LogP contribution in [0.3, 0.4) is 0 Å². The lowest BCUT2D eigenvalue weighted by molar-refractivity contribution is -0.126. The zero-order valence-electron chi connectivity index (χ0n) is 20.5. The Morgan fingerprint density at radius 2 is 1.78 bits per heavy atom. The predicted molar refractivity (Wildman–Crippen MR) is 139 cm³/mol. The molecule has 1 fully saturated rings. The van der Waals surface area contributed by atoms with Crippen LogP contribution in [-0.2, 0) is 11.3 Å². The molecule has 1 aliphatic heterocycles. The van der Waals surface area contributed by atoms with Crippen molar-refractivity contribution in [3.05, 3.63) is 94.5 Å². The van der Waals surface area contributed by atoms with Gasteiger partial charge >= 0.3 is 5.97 Å². The number of aromatic carboxylic acids is 1. The second-order valence-corrected chi connectivity index (χ2v) is 9.38. The molecule has 2 atom stereocenters. The summed E-state index contributed by atoms with van der Waals surface area (Å²) in [4.78, 5) is 37.9. The summed E-state index contributed by atoms with van der Waals surface area (Å²) in [5.41, 5.74) is 11.2. The Labute approximate surface area is 210 Å². The smallest absolute Gasteiger partial charge is 0.335 e. The number of nitrogens with one attached hydrogen (secondary N) is 1. The van der Waals surface area contributed by atoms with Gasteiger partial charge < -0.3 is 16.2 Å². The molecule has 3 aromatic carbocycles. The van der Waals surface area contributed by atoms with Crippen molar-refractivity contribution in [2.45, 2.75) is 45.3 Å². The SMILES string of the molecule is Cc1cc(C(N)=O)ccc1-c1cccc(CN2CCC[C@@H]2C(=O)N[C@@H](C)c2ccc(C(=O)O)cc2)c1. The van der Waals surface area contributed by atoms with Gasteiger partial charge in [-0.05, 0) is 91.4 Å². The third kappa shape index (κ3) is 5.63. The van der Waals surface area contributed by atoms with E-state index >= 15 is 0 Å². The lowest BCUT2D eigenvalue weighted by Crippen LogP contribution is -2.43. The second-order valence-electron chi connectivity index (χ2n) is 9.38. The predicted octanol–water partition coefficient (Wildman–Crippen LogP) is 4.30. The molecule has 1 heterocycles. The number of likely N-dealkylation sites (tertiary alicyclic amines) is 1. The minimum absolute atomic E-state index is 0.0173. The summed E-state index contributed by atoms with van der Waals surface area (Å²) < 4.78 is 0. The first-order valence-electron chi connectivity index (χ1n) is 12.1. The Bertz CT molecular complexity index is 1290. The molecule has 7 heteroatoms. The van der Waals surface area contributed by atoms with Crippen LogP contribution in [0, 0.1) is 6.92 Å². The minimum Gasteiger partial charge on any atom is -0.478 e. The van der Waals surface area contributed by atoms with E-state index in [-0.39, 0.29) is 23.6 Å². The van der Waals surface area contributed by atoms with Gasteiger partial charge in [-0.1, -0.05) is 36.4 Å². The lowest BCUT2D eigenvalue weighted by atomic mass is 9.97. The van der Waals surface area contributed by atoms with E-state index in [1.165, 1.54) is 0 Å². The first kappa shape index (κ1) is 25.1. The summed E-state index contributed by atoms with van der Waals surface area (Å²) in [7, 11) is 0. The van der Waals surface area contributed by atoms with Crippen molar-refractivity contribution in [1.29, 1.82) is 0 Å². The van der Waals surface area contributed by atoms with Crippen molar-refractivity contribution in [3.8, 4) is 11.1 Å². The van der Waals surface area contributed by atoms with Crippen LogP contribution in [0.1, 0.15) is 63.2 Å². The van der Waals surface area contributed by atoms with Gasteiger partial charge in [0.15, 0.2) is 0 Å². The zero-order chi connectivity index (χ0) is 25.8. The van der Waals surface area contributed by atoms with E-state index in [9.17, 15) is 14.4 Å². The van der Waals surface area contributed by atoms with Crippen LogP contribution in [0.25, 0.3) is 11.1 Å². The number of carboxylic acids is 1. The van der Waals surface area contributed by atoms with Gasteiger partial charge in [0, 0.05) is 12.1 Å². The number of hydrogen-bond donors (Lipinski definition) is 3. The molecule has 1 saturated heterocycles. The van der Waals surface area contributed by atoms with E-state index in [1.54, 1.807) is 30.3 Å². The highest BCUT2D eigenvalue weighted by molar-refractivity contribution is 5.93. The number of carbonyl (C=O) groups is 3. The monoisotopic (exact) mass is 485 g/mol. The fourth-order valence-electron chi connectivity index (χ4n) is 4.83. The number of nitrogens with zero attached hydrogens (tertiary/aromatic N) is 1. The fourth-order valence-corrected chi connectivity index (χ4v) is 4.83. The number of nitrogens with two attached hydrogens (primary N) is 1. The Hall–Kier alpha value is -3.97. The van der Waals surface area contributed by atoms with Crippen LogP contribution in [0.4, 0.5) is 0 Å². The third-order valence-electron chi connectivity index (χ3n) is 6.82. The Morgan fingerprint density at radius 1 is 1.06 bits per heavy atom. The fraction of sp³-hybridized carbons (Fsp3) is 0.276. The number of carboxylic acid groups (broad SMARTS) is 1. The maximum atomic E-state index is 13.1. The molecule has 1 aliphatic rings. The standard InChI is InChI=1S/C29H31N3O4/c1-18-15-24(27(30)33)12-13-25(18)23-6-3-5-20(16-23)17-32-14-4-7-26(32)28(34)31-19(2)21-8-10-22(11-9-21)29(35)36/h3,5-6,8-13,15-16,19,26H,4,7,14,17H2,1-2H3,(H2,30,33)(H,31,34)(H,35,36)/t19-,26+/m0/s1. The summed E-state index contributed by atoms with van der Waals surface area (Å²) in [6.07, 6.45) is 1.75. The van der Waals surface area contributed by atoms with E-state index in [0.717, 1.165) is 47.2 Å². The molecule has 0 bridgehead atoms. The van der Waals surface area contributed by atoms with E-state index in [2.05, 4.69) is 22.3 Å². The van der Waals surface area contributed by atoms with Gasteiger partial charge in [0.05, 0.1) is 17.6 Å². The van der Waals surface area contributed by atoms with E-state index in [0.29, 0.717) is 12.1 Å². The average Bonchev–Trinajstić information content (AvgIpc) is 3.32. The molecular weight excluding hydrogens is 454 g/mol. The molecule has 4 rings (SSSR count). The molecular formula is C29H31N3O4. The molecule has 36 heavy (non-hydrogen) atoms. The quantitative estimate of drug-likeness (QED) is 0.440. The summed E-state index contributed by atoms with van der Waals surface area (Å²) in [6.45, 7) is 5.37. The first-order chi connectivity index (χ1) is 17.2. The van der Waals surface area contributed by atoms with Crippen LogP contribution in [0.5, 0.6) is 0 Å². The highest BCUT2D eigenvalue weighted by Gasteiger charge is 2.31. The largest absolute Gasteiger partial charge is 0.478 e. The maximum Gasteiger partial charge on any atom is 0.335 e. The molecule has 3 aromatic rings. The minimum atomic E-state index is -0.971. The van der Waals surface area contributed by atoms with Crippen LogP contribution < -0.4 is 11.1 Å². The van der Waals surface area contributed by atoms with Crippen LogP contribution >= 0.6 is 0 Å². The van der Waals surface area contributed by atoms with Crippen LogP contribution in [-0.4, -0.2) is 40.4 Å². The molecule has 4 N–H and O–H groups in total. The van der Waals surface area contributed by atoms with Crippen molar-refractivity contribution >= 4 is 17.8 Å². The summed E-state index contributed by atoms with van der Waals surface area (Å²) in [6, 6.07) is 19.9. The maximum absolute atomic E-state index is 13.1. The Kier molecular flexibility index (Phi) is 7.50. The molecule has 0 unspecified atom stereocenters. The first-order valence-corrected chi connectivity index (χ1v) is 12.1. The second kappa shape index (κ2) is 10.7. The number of amides is 2. The van der Waals surface area contributed by atoms with Crippen molar-refractivity contribution < 1.29 is 19.5 Å². The van der Waals surface area contributed by atoms with Gasteiger partial charge in [-0.25, -0.2) is 4.79 Å². The summed E-state index contributed by atoms with van der Waals surface area (Å²) in [5.74, 6) is -1.43. The van der Waals surface area contributed by atoms with Gasteiger partial charge in [-0.2, -0.15) is 0 Å². The Morgan fingerprint density at radius 3 is 2.44 bits per heavy atom. The van der Waals surface area contributed by atoms with Crippen molar-refractivity contribution in [2.24, 2.45) is 5.73 Å². The number of benzene rings is 3. The average molecular weight is 486 g/mol. The number of carbonyl (C=O) groups excluding carboxylic acids is 2. The highest BCUT2D eigenvalue weighted by Crippen LogP contribution is 2.27. The molecule has 2 amide bonds. The highest BCUT2D eigenvalue weighted by atomic mass is 16.4. The normalized spacial score (nSPS) is 16.4.